The molecule has 0 aliphatic carbocycles. The summed E-state index contributed by atoms with van der Waals surface area (Å²) in [5.74, 6) is 0.645. The Morgan fingerprint density at radius 3 is 2.40 bits per heavy atom. The third-order valence-corrected chi connectivity index (χ3v) is 6.70. The van der Waals surface area contributed by atoms with E-state index in [2.05, 4.69) is 0 Å². The van der Waals surface area contributed by atoms with Gasteiger partial charge in [0.1, 0.15) is 11.6 Å². The maximum atomic E-state index is 13.0. The molecule has 1 fully saturated rings. The summed E-state index contributed by atoms with van der Waals surface area (Å²) >= 11 is 0. The molecule has 1 saturated heterocycles. The van der Waals surface area contributed by atoms with Crippen molar-refractivity contribution in [2.24, 2.45) is 0 Å². The number of benzene rings is 2. The minimum atomic E-state index is -3.18. The van der Waals surface area contributed by atoms with Crippen LogP contribution in [0.4, 0.5) is 4.39 Å². The number of nitrogens with zero attached hydrogens (tertiary/aromatic N) is 1. The Bertz CT molecular complexity index is 993. The lowest BCUT2D eigenvalue weighted by Crippen LogP contribution is -2.43. The second kappa shape index (κ2) is 9.34. The van der Waals surface area contributed by atoms with E-state index in [-0.39, 0.29) is 30.6 Å². The van der Waals surface area contributed by atoms with Crippen LogP contribution < -0.4 is 14.2 Å². The van der Waals surface area contributed by atoms with Crippen LogP contribution in [0.3, 0.4) is 0 Å². The van der Waals surface area contributed by atoms with Gasteiger partial charge >= 0.3 is 0 Å². The van der Waals surface area contributed by atoms with E-state index in [1.54, 1.807) is 18.2 Å². The molecule has 0 radical (unpaired) electrons. The summed E-state index contributed by atoms with van der Waals surface area (Å²) in [6, 6.07) is 10.2. The molecule has 7 nitrogen and oxygen atoms in total. The van der Waals surface area contributed by atoms with E-state index in [0.29, 0.717) is 23.7 Å². The molecule has 1 aliphatic rings. The highest BCUT2D eigenvalue weighted by Gasteiger charge is 2.35. The molecule has 162 valence electrons. The van der Waals surface area contributed by atoms with E-state index in [9.17, 15) is 17.6 Å². The van der Waals surface area contributed by atoms with Crippen molar-refractivity contribution in [3.8, 4) is 17.2 Å². The van der Waals surface area contributed by atoms with Gasteiger partial charge in [-0.2, -0.15) is 0 Å². The molecule has 0 bridgehead atoms. The van der Waals surface area contributed by atoms with E-state index < -0.39 is 21.7 Å². The molecule has 0 spiro atoms. The standard InChI is InChI=1S/C21H24FNO6S/c1-27-19-8-3-15(11-20(19)28-2)12-23(17-9-10-30(25,26)14-17)21(24)13-29-18-6-4-16(22)5-7-18/h3-8,11,17H,9-10,12-14H2,1-2H3. The summed E-state index contributed by atoms with van der Waals surface area (Å²) in [6.07, 6.45) is 0.373. The topological polar surface area (TPSA) is 82.1 Å². The zero-order chi connectivity index (χ0) is 21.7. The normalized spacial score (nSPS) is 17.4. The second-order valence-corrected chi connectivity index (χ2v) is 9.24. The minimum Gasteiger partial charge on any atom is -0.493 e. The fourth-order valence-corrected chi connectivity index (χ4v) is 5.11. The van der Waals surface area contributed by atoms with E-state index in [4.69, 9.17) is 14.2 Å². The SMILES string of the molecule is COc1ccc(CN(C(=O)COc2ccc(F)cc2)C2CCS(=O)(=O)C2)cc1OC. The molecule has 30 heavy (non-hydrogen) atoms. The minimum absolute atomic E-state index is 0.0478. The lowest BCUT2D eigenvalue weighted by Gasteiger charge is -2.28. The van der Waals surface area contributed by atoms with Gasteiger partial charge in [-0.15, -0.1) is 0 Å². The molecular weight excluding hydrogens is 413 g/mol. The van der Waals surface area contributed by atoms with E-state index in [1.165, 1.54) is 43.4 Å². The molecule has 1 heterocycles. The maximum Gasteiger partial charge on any atom is 0.261 e. The second-order valence-electron chi connectivity index (χ2n) is 7.01. The van der Waals surface area contributed by atoms with E-state index in [1.807, 2.05) is 0 Å². The number of carbonyl (C=O) groups excluding carboxylic acids is 1. The van der Waals surface area contributed by atoms with Crippen molar-refractivity contribution in [1.82, 2.24) is 4.90 Å². The highest BCUT2D eigenvalue weighted by molar-refractivity contribution is 7.91. The quantitative estimate of drug-likeness (QED) is 0.631. The van der Waals surface area contributed by atoms with Gasteiger partial charge in [-0.05, 0) is 48.4 Å². The van der Waals surface area contributed by atoms with Gasteiger partial charge in [-0.1, -0.05) is 6.07 Å². The Kier molecular flexibility index (Phi) is 6.81. The van der Waals surface area contributed by atoms with E-state index in [0.717, 1.165) is 5.56 Å². The van der Waals surface area contributed by atoms with Crippen molar-refractivity contribution in [3.05, 3.63) is 53.8 Å². The number of amides is 1. The van der Waals surface area contributed by atoms with Gasteiger partial charge in [-0.3, -0.25) is 4.79 Å². The van der Waals surface area contributed by atoms with E-state index >= 15 is 0 Å². The van der Waals surface area contributed by atoms with Gasteiger partial charge in [0, 0.05) is 12.6 Å². The van der Waals surface area contributed by atoms with Crippen molar-refractivity contribution in [2.45, 2.75) is 19.0 Å². The van der Waals surface area contributed by atoms with Gasteiger partial charge in [0.05, 0.1) is 25.7 Å². The van der Waals surface area contributed by atoms with Crippen molar-refractivity contribution in [3.63, 3.8) is 0 Å². The number of hydrogen-bond acceptors (Lipinski definition) is 6. The fourth-order valence-electron chi connectivity index (χ4n) is 3.38. The molecule has 0 saturated carbocycles. The summed E-state index contributed by atoms with van der Waals surface area (Å²) in [7, 11) is -0.133. The summed E-state index contributed by atoms with van der Waals surface area (Å²) in [5.41, 5.74) is 0.770. The fraction of sp³-hybridized carbons (Fsp3) is 0.381. The van der Waals surface area contributed by atoms with Crippen LogP contribution in [-0.2, 0) is 21.2 Å². The van der Waals surface area contributed by atoms with Gasteiger partial charge in [0.15, 0.2) is 27.9 Å². The van der Waals surface area contributed by atoms with Crippen LogP contribution in [-0.4, -0.2) is 57.6 Å². The number of sulfone groups is 1. The predicted molar refractivity (Wildman–Crippen MR) is 109 cm³/mol. The first kappa shape index (κ1) is 21.9. The number of ether oxygens (including phenoxy) is 3. The summed E-state index contributed by atoms with van der Waals surface area (Å²) in [6.45, 7) is -0.0817. The molecule has 2 aromatic carbocycles. The lowest BCUT2D eigenvalue weighted by molar-refractivity contribution is -0.136. The molecule has 0 N–H and O–H groups in total. The number of halogens is 1. The van der Waals surface area contributed by atoms with Crippen LogP contribution in [0.5, 0.6) is 17.2 Å². The van der Waals surface area contributed by atoms with Crippen LogP contribution in [0.15, 0.2) is 42.5 Å². The Morgan fingerprint density at radius 2 is 1.80 bits per heavy atom. The largest absolute Gasteiger partial charge is 0.493 e. The smallest absolute Gasteiger partial charge is 0.261 e. The summed E-state index contributed by atoms with van der Waals surface area (Å²) in [4.78, 5) is 14.5. The first-order chi connectivity index (χ1) is 14.3. The highest BCUT2D eigenvalue weighted by Crippen LogP contribution is 2.29. The molecular formula is C21H24FNO6S. The first-order valence-electron chi connectivity index (χ1n) is 9.40. The van der Waals surface area contributed by atoms with Crippen LogP contribution in [0.2, 0.25) is 0 Å². The Hall–Kier alpha value is -2.81. The average Bonchev–Trinajstić information content (AvgIpc) is 3.10. The van der Waals surface area contributed by atoms with Crippen LogP contribution in [0.25, 0.3) is 0 Å². The van der Waals surface area contributed by atoms with Crippen LogP contribution in [0.1, 0.15) is 12.0 Å². The summed E-state index contributed by atoms with van der Waals surface area (Å²) < 4.78 is 53.0. The average molecular weight is 437 g/mol. The Labute approximate surface area is 175 Å². The molecule has 1 aliphatic heterocycles. The summed E-state index contributed by atoms with van der Waals surface area (Å²) in [5, 5.41) is 0. The molecule has 2 aromatic rings. The van der Waals surface area contributed by atoms with Gasteiger partial charge in [-0.25, -0.2) is 12.8 Å². The molecule has 9 heteroatoms. The predicted octanol–water partition coefficient (Wildman–Crippen LogP) is 2.44. The zero-order valence-corrected chi connectivity index (χ0v) is 17.7. The van der Waals surface area contributed by atoms with Crippen molar-refractivity contribution in [1.29, 1.82) is 0 Å². The molecule has 1 unspecified atom stereocenters. The number of rotatable bonds is 8. The first-order valence-corrected chi connectivity index (χ1v) is 11.2. The number of methoxy groups -OCH3 is 2. The van der Waals surface area contributed by atoms with Gasteiger partial charge in [0.2, 0.25) is 0 Å². The number of carbonyl (C=O) groups is 1. The molecule has 0 aromatic heterocycles. The monoisotopic (exact) mass is 437 g/mol. The molecule has 3 rings (SSSR count). The van der Waals surface area contributed by atoms with Gasteiger partial charge < -0.3 is 19.1 Å². The third kappa shape index (κ3) is 5.41. The van der Waals surface area contributed by atoms with Crippen molar-refractivity contribution in [2.75, 3.05) is 32.3 Å². The Morgan fingerprint density at radius 1 is 1.10 bits per heavy atom. The number of hydrogen-bond donors (Lipinski definition) is 0. The van der Waals surface area contributed by atoms with Crippen LogP contribution in [0, 0.1) is 5.82 Å². The van der Waals surface area contributed by atoms with Crippen molar-refractivity contribution >= 4 is 15.7 Å². The van der Waals surface area contributed by atoms with Crippen molar-refractivity contribution < 1.29 is 31.8 Å². The zero-order valence-electron chi connectivity index (χ0n) is 16.8. The molecule has 1 amide bonds. The van der Waals surface area contributed by atoms with Gasteiger partial charge in [0.25, 0.3) is 5.91 Å². The lowest BCUT2D eigenvalue weighted by atomic mass is 10.1. The maximum absolute atomic E-state index is 13.0. The highest BCUT2D eigenvalue weighted by atomic mass is 32.2. The third-order valence-electron chi connectivity index (χ3n) is 4.95. The van der Waals surface area contributed by atoms with Crippen LogP contribution >= 0.6 is 0 Å². The Balaban J connectivity index is 1.78. The molecule has 1 atom stereocenters.